The molecule has 0 spiro atoms. The fourth-order valence-electron chi connectivity index (χ4n) is 0.859. The third-order valence-corrected chi connectivity index (χ3v) is 2.79. The van der Waals surface area contributed by atoms with E-state index in [1.165, 1.54) is 0 Å². The largest absolute Gasteiger partial charge is 0.395 e. The Balaban J connectivity index is 2.53. The fourth-order valence-corrected chi connectivity index (χ4v) is 1.93. The summed E-state index contributed by atoms with van der Waals surface area (Å²) >= 11 is 0.862. The van der Waals surface area contributed by atoms with Crippen LogP contribution in [-0.2, 0) is 0 Å². The van der Waals surface area contributed by atoms with Crippen molar-refractivity contribution in [3.8, 4) is 0 Å². The van der Waals surface area contributed by atoms with Crippen molar-refractivity contribution in [1.82, 2.24) is 0 Å². The Kier molecular flexibility index (Phi) is 2.51. The number of alkyl halides is 1. The van der Waals surface area contributed by atoms with Gasteiger partial charge in [-0.2, -0.15) is 0 Å². The SMILES string of the molecule is OC[C@H]1S[C@@H](O)C(F)C1O. The number of thioether (sulfide) groups is 1. The number of aliphatic hydroxyl groups excluding tert-OH is 3. The molecule has 1 fully saturated rings. The van der Waals surface area contributed by atoms with Crippen LogP contribution < -0.4 is 0 Å². The maximum atomic E-state index is 12.5. The van der Waals surface area contributed by atoms with Gasteiger partial charge in [0, 0.05) is 0 Å². The highest BCUT2D eigenvalue weighted by atomic mass is 32.2. The van der Waals surface area contributed by atoms with Crippen molar-refractivity contribution in [3.05, 3.63) is 0 Å². The highest BCUT2D eigenvalue weighted by molar-refractivity contribution is 8.00. The number of hydrogen-bond donors (Lipinski definition) is 3. The molecular formula is C5H9FO3S. The van der Waals surface area contributed by atoms with Crippen LogP contribution in [0.5, 0.6) is 0 Å². The molecule has 0 aromatic carbocycles. The van der Waals surface area contributed by atoms with Crippen molar-refractivity contribution >= 4 is 11.8 Å². The summed E-state index contributed by atoms with van der Waals surface area (Å²) in [5.74, 6) is 0. The molecule has 1 aliphatic rings. The van der Waals surface area contributed by atoms with Crippen molar-refractivity contribution in [2.24, 2.45) is 0 Å². The topological polar surface area (TPSA) is 60.7 Å². The highest BCUT2D eigenvalue weighted by Gasteiger charge is 2.42. The van der Waals surface area contributed by atoms with Crippen LogP contribution >= 0.6 is 11.8 Å². The Hall–Kier alpha value is 0.160. The summed E-state index contributed by atoms with van der Waals surface area (Å²) < 4.78 is 12.5. The van der Waals surface area contributed by atoms with Gasteiger partial charge in [0.05, 0.1) is 11.9 Å². The summed E-state index contributed by atoms with van der Waals surface area (Å²) in [7, 11) is 0. The van der Waals surface area contributed by atoms with Gasteiger partial charge in [-0.25, -0.2) is 4.39 Å². The molecule has 1 aliphatic heterocycles. The normalized spacial score (nSPS) is 48.0. The predicted molar refractivity (Wildman–Crippen MR) is 35.4 cm³/mol. The quantitative estimate of drug-likeness (QED) is 0.475. The summed E-state index contributed by atoms with van der Waals surface area (Å²) in [6.07, 6.45) is -2.85. The maximum absolute atomic E-state index is 12.5. The van der Waals surface area contributed by atoms with Gasteiger partial charge in [0.15, 0.2) is 6.17 Å². The van der Waals surface area contributed by atoms with Crippen LogP contribution in [0.3, 0.4) is 0 Å². The molecule has 1 saturated heterocycles. The fraction of sp³-hybridized carbons (Fsp3) is 1.00. The third kappa shape index (κ3) is 1.27. The molecule has 60 valence electrons. The Morgan fingerprint density at radius 1 is 1.40 bits per heavy atom. The standard InChI is InChI=1S/C5H9FO3S/c6-3-4(8)2(1-7)10-5(3)9/h2-5,7-9H,1H2/t2-,3?,4?,5-/m1/s1. The zero-order valence-electron chi connectivity index (χ0n) is 5.14. The van der Waals surface area contributed by atoms with Crippen molar-refractivity contribution < 1.29 is 19.7 Å². The Labute approximate surface area is 61.9 Å². The second-order valence-corrected chi connectivity index (χ2v) is 3.54. The van der Waals surface area contributed by atoms with Gasteiger partial charge < -0.3 is 15.3 Å². The van der Waals surface area contributed by atoms with Crippen LogP contribution in [0.1, 0.15) is 0 Å². The van der Waals surface area contributed by atoms with E-state index in [2.05, 4.69) is 0 Å². The van der Waals surface area contributed by atoms with Gasteiger partial charge >= 0.3 is 0 Å². The molecule has 4 atom stereocenters. The minimum absolute atomic E-state index is 0.302. The second kappa shape index (κ2) is 3.04. The third-order valence-electron chi connectivity index (χ3n) is 1.47. The lowest BCUT2D eigenvalue weighted by molar-refractivity contribution is 0.0335. The summed E-state index contributed by atoms with van der Waals surface area (Å²) in [5.41, 5.74) is -1.19. The van der Waals surface area contributed by atoms with E-state index in [1.807, 2.05) is 0 Å². The molecule has 0 aromatic rings. The minimum Gasteiger partial charge on any atom is -0.395 e. The zero-order chi connectivity index (χ0) is 7.72. The van der Waals surface area contributed by atoms with E-state index < -0.39 is 23.0 Å². The van der Waals surface area contributed by atoms with Crippen molar-refractivity contribution in [3.63, 3.8) is 0 Å². The molecule has 0 aliphatic carbocycles. The lowest BCUT2D eigenvalue weighted by atomic mass is 10.2. The molecular weight excluding hydrogens is 159 g/mol. The van der Waals surface area contributed by atoms with Crippen molar-refractivity contribution in [2.75, 3.05) is 6.61 Å². The van der Waals surface area contributed by atoms with Crippen LogP contribution in [0.25, 0.3) is 0 Å². The van der Waals surface area contributed by atoms with E-state index in [-0.39, 0.29) is 6.61 Å². The molecule has 1 heterocycles. The first-order valence-corrected chi connectivity index (χ1v) is 3.87. The van der Waals surface area contributed by atoms with Crippen LogP contribution in [0, 0.1) is 0 Å². The van der Waals surface area contributed by atoms with E-state index in [1.54, 1.807) is 0 Å². The van der Waals surface area contributed by atoms with E-state index in [0.29, 0.717) is 0 Å². The minimum atomic E-state index is -1.62. The number of halogens is 1. The molecule has 3 N–H and O–H groups in total. The van der Waals surface area contributed by atoms with Crippen LogP contribution in [0.15, 0.2) is 0 Å². The highest BCUT2D eigenvalue weighted by Crippen LogP contribution is 2.34. The lowest BCUT2D eigenvalue weighted by Crippen LogP contribution is -2.30. The Morgan fingerprint density at radius 3 is 2.20 bits per heavy atom. The van der Waals surface area contributed by atoms with Gasteiger partial charge in [-0.1, -0.05) is 0 Å². The second-order valence-electron chi connectivity index (χ2n) is 2.18. The summed E-state index contributed by atoms with van der Waals surface area (Å²) in [6.45, 7) is -0.302. The Bertz CT molecular complexity index is 123. The number of rotatable bonds is 1. The number of aliphatic hydroxyl groups is 3. The molecule has 0 bridgehead atoms. The molecule has 2 unspecified atom stereocenters. The Morgan fingerprint density at radius 2 is 2.00 bits per heavy atom. The molecule has 0 radical (unpaired) electrons. The van der Waals surface area contributed by atoms with Gasteiger partial charge in [-0.3, -0.25) is 0 Å². The van der Waals surface area contributed by atoms with Gasteiger partial charge in [0.25, 0.3) is 0 Å². The van der Waals surface area contributed by atoms with E-state index in [0.717, 1.165) is 11.8 Å². The van der Waals surface area contributed by atoms with Crippen molar-refractivity contribution in [1.29, 1.82) is 0 Å². The predicted octanol–water partition coefficient (Wildman–Crippen LogP) is -0.889. The molecule has 3 nitrogen and oxygen atoms in total. The molecule has 10 heavy (non-hydrogen) atoms. The van der Waals surface area contributed by atoms with Gasteiger partial charge in [0.2, 0.25) is 0 Å². The zero-order valence-corrected chi connectivity index (χ0v) is 5.96. The molecule has 0 amide bonds. The van der Waals surface area contributed by atoms with Crippen molar-refractivity contribution in [2.45, 2.75) is 23.0 Å². The van der Waals surface area contributed by atoms with Crippen LogP contribution in [0.2, 0.25) is 0 Å². The van der Waals surface area contributed by atoms with E-state index >= 15 is 0 Å². The summed E-state index contributed by atoms with van der Waals surface area (Å²) in [5, 5.41) is 25.6. The average Bonchev–Trinajstić information content (AvgIpc) is 2.17. The van der Waals surface area contributed by atoms with Gasteiger partial charge in [-0.15, -0.1) is 11.8 Å². The summed E-state index contributed by atoms with van der Waals surface area (Å²) in [4.78, 5) is 0. The average molecular weight is 168 g/mol. The lowest BCUT2D eigenvalue weighted by Gasteiger charge is -2.09. The van der Waals surface area contributed by atoms with Crippen LogP contribution in [-0.4, -0.2) is 44.9 Å². The first-order valence-electron chi connectivity index (χ1n) is 2.93. The van der Waals surface area contributed by atoms with Crippen LogP contribution in [0.4, 0.5) is 4.39 Å². The molecule has 0 aromatic heterocycles. The number of hydrogen-bond acceptors (Lipinski definition) is 4. The van der Waals surface area contributed by atoms with Gasteiger partial charge in [-0.05, 0) is 0 Å². The first kappa shape index (κ1) is 8.26. The summed E-state index contributed by atoms with van der Waals surface area (Å²) in [6, 6.07) is 0. The monoisotopic (exact) mass is 168 g/mol. The molecule has 1 rings (SSSR count). The molecule has 5 heteroatoms. The van der Waals surface area contributed by atoms with Gasteiger partial charge in [0.1, 0.15) is 11.5 Å². The van der Waals surface area contributed by atoms with E-state index in [4.69, 9.17) is 15.3 Å². The first-order chi connectivity index (χ1) is 4.66. The maximum Gasteiger partial charge on any atom is 0.162 e. The van der Waals surface area contributed by atoms with E-state index in [9.17, 15) is 4.39 Å². The molecule has 0 saturated carbocycles. The smallest absolute Gasteiger partial charge is 0.162 e.